The van der Waals surface area contributed by atoms with E-state index in [2.05, 4.69) is 10.2 Å². The van der Waals surface area contributed by atoms with Crippen molar-refractivity contribution in [1.82, 2.24) is 10.2 Å². The Morgan fingerprint density at radius 2 is 1.52 bits per heavy atom. The molecule has 1 aliphatic heterocycles. The number of hydrogen-bond donors (Lipinski definition) is 1. The summed E-state index contributed by atoms with van der Waals surface area (Å²) in [5.74, 6) is -0.892. The van der Waals surface area contributed by atoms with Crippen LogP contribution in [0.4, 0.5) is 8.78 Å². The number of benzene rings is 1. The van der Waals surface area contributed by atoms with Crippen LogP contribution in [0, 0.1) is 17.0 Å². The molecule has 1 saturated heterocycles. The fraction of sp³-hybridized carbons (Fsp3) is 0.600. The SMILES string of the molecule is CC(C)(C)[C@H](c1c(F)cccc1F)N1CCNCC1.Cl.Cl. The molecule has 1 aliphatic rings. The van der Waals surface area contributed by atoms with Gasteiger partial charge in [0.2, 0.25) is 0 Å². The van der Waals surface area contributed by atoms with E-state index in [0.717, 1.165) is 26.2 Å². The molecule has 1 fully saturated rings. The lowest BCUT2D eigenvalue weighted by Crippen LogP contribution is -2.48. The predicted molar refractivity (Wildman–Crippen MR) is 87.5 cm³/mol. The molecule has 1 atom stereocenters. The molecule has 1 heterocycles. The third-order valence-corrected chi connectivity index (χ3v) is 3.61. The second kappa shape index (κ2) is 8.28. The van der Waals surface area contributed by atoms with E-state index in [4.69, 9.17) is 0 Å². The molecule has 1 aromatic rings. The van der Waals surface area contributed by atoms with Gasteiger partial charge in [-0.3, -0.25) is 4.90 Å². The smallest absolute Gasteiger partial charge is 0.130 e. The molecule has 2 nitrogen and oxygen atoms in total. The zero-order chi connectivity index (χ0) is 14.0. The van der Waals surface area contributed by atoms with Gasteiger partial charge in [0.15, 0.2) is 0 Å². The van der Waals surface area contributed by atoms with E-state index < -0.39 is 11.6 Å². The van der Waals surface area contributed by atoms with Crippen molar-refractivity contribution in [2.45, 2.75) is 26.8 Å². The number of hydrogen-bond acceptors (Lipinski definition) is 2. The first-order valence-corrected chi connectivity index (χ1v) is 6.80. The van der Waals surface area contributed by atoms with E-state index in [1.165, 1.54) is 18.2 Å². The Labute approximate surface area is 138 Å². The summed E-state index contributed by atoms with van der Waals surface area (Å²) in [6.45, 7) is 9.46. The minimum absolute atomic E-state index is 0. The third-order valence-electron chi connectivity index (χ3n) is 3.61. The number of halogens is 4. The molecule has 21 heavy (non-hydrogen) atoms. The quantitative estimate of drug-likeness (QED) is 0.880. The maximum atomic E-state index is 14.1. The van der Waals surface area contributed by atoms with Crippen LogP contribution in [-0.2, 0) is 0 Å². The van der Waals surface area contributed by atoms with Gasteiger partial charge >= 0.3 is 0 Å². The Morgan fingerprint density at radius 3 is 1.95 bits per heavy atom. The molecule has 0 bridgehead atoms. The summed E-state index contributed by atoms with van der Waals surface area (Å²) < 4.78 is 28.2. The standard InChI is InChI=1S/C15H22F2N2.2ClH/c1-15(2,3)14(19-9-7-18-8-10-19)13-11(16)5-4-6-12(13)17;;/h4-6,14,18H,7-10H2,1-3H3;2*1H/t14-;;/m0../s1. The van der Waals surface area contributed by atoms with Gasteiger partial charge in [0.1, 0.15) is 11.6 Å². The molecular formula is C15H24Cl2F2N2. The highest BCUT2D eigenvalue weighted by molar-refractivity contribution is 5.85. The fourth-order valence-electron chi connectivity index (χ4n) is 2.88. The first-order chi connectivity index (χ1) is 8.91. The summed E-state index contributed by atoms with van der Waals surface area (Å²) in [5, 5.41) is 3.27. The van der Waals surface area contributed by atoms with Crippen LogP contribution in [0.25, 0.3) is 0 Å². The van der Waals surface area contributed by atoms with E-state index in [-0.39, 0.29) is 41.8 Å². The lowest BCUT2D eigenvalue weighted by molar-refractivity contribution is 0.0804. The monoisotopic (exact) mass is 340 g/mol. The summed E-state index contributed by atoms with van der Waals surface area (Å²) in [4.78, 5) is 2.18. The summed E-state index contributed by atoms with van der Waals surface area (Å²) in [6.07, 6.45) is 0. The number of piperazine rings is 1. The van der Waals surface area contributed by atoms with Gasteiger partial charge in [0.05, 0.1) is 0 Å². The van der Waals surface area contributed by atoms with Crippen molar-refractivity contribution in [1.29, 1.82) is 0 Å². The minimum Gasteiger partial charge on any atom is -0.314 e. The highest BCUT2D eigenvalue weighted by Crippen LogP contribution is 2.40. The lowest BCUT2D eigenvalue weighted by atomic mass is 9.80. The Bertz CT molecular complexity index is 424. The van der Waals surface area contributed by atoms with Crippen LogP contribution >= 0.6 is 24.8 Å². The fourth-order valence-corrected chi connectivity index (χ4v) is 2.88. The molecule has 1 N–H and O–H groups in total. The van der Waals surface area contributed by atoms with Crippen molar-refractivity contribution in [3.63, 3.8) is 0 Å². The van der Waals surface area contributed by atoms with Crippen molar-refractivity contribution in [3.8, 4) is 0 Å². The molecule has 6 heteroatoms. The van der Waals surface area contributed by atoms with Crippen molar-refractivity contribution in [2.75, 3.05) is 26.2 Å². The van der Waals surface area contributed by atoms with Crippen LogP contribution in [0.3, 0.4) is 0 Å². The molecule has 0 amide bonds. The van der Waals surface area contributed by atoms with E-state index in [9.17, 15) is 8.78 Å². The second-order valence-corrected chi connectivity index (χ2v) is 6.19. The summed E-state index contributed by atoms with van der Waals surface area (Å²) in [6, 6.07) is 3.88. The summed E-state index contributed by atoms with van der Waals surface area (Å²) in [5.41, 5.74) is -0.0164. The number of nitrogens with zero attached hydrogens (tertiary/aromatic N) is 1. The Hall–Kier alpha value is -0.420. The zero-order valence-corrected chi connectivity index (χ0v) is 14.3. The first kappa shape index (κ1) is 20.6. The number of rotatable bonds is 2. The first-order valence-electron chi connectivity index (χ1n) is 6.80. The van der Waals surface area contributed by atoms with Crippen molar-refractivity contribution in [2.24, 2.45) is 5.41 Å². The van der Waals surface area contributed by atoms with Crippen LogP contribution in [-0.4, -0.2) is 31.1 Å². The van der Waals surface area contributed by atoms with Gasteiger partial charge in [-0.2, -0.15) is 0 Å². The molecule has 2 rings (SSSR count). The average molecular weight is 341 g/mol. The lowest BCUT2D eigenvalue weighted by Gasteiger charge is -2.42. The molecule has 0 spiro atoms. The third kappa shape index (κ3) is 4.78. The largest absolute Gasteiger partial charge is 0.314 e. The summed E-state index contributed by atoms with van der Waals surface area (Å²) in [7, 11) is 0. The molecule has 0 saturated carbocycles. The van der Waals surface area contributed by atoms with Gasteiger partial charge < -0.3 is 5.32 Å². The van der Waals surface area contributed by atoms with Crippen LogP contribution < -0.4 is 5.32 Å². The van der Waals surface area contributed by atoms with Gasteiger partial charge in [-0.15, -0.1) is 24.8 Å². The molecule has 122 valence electrons. The van der Waals surface area contributed by atoms with Gasteiger partial charge in [-0.05, 0) is 17.5 Å². The maximum absolute atomic E-state index is 14.1. The summed E-state index contributed by atoms with van der Waals surface area (Å²) >= 11 is 0. The van der Waals surface area contributed by atoms with Gasteiger partial charge in [-0.25, -0.2) is 8.78 Å². The molecule has 0 aliphatic carbocycles. The normalized spacial score (nSPS) is 17.6. The van der Waals surface area contributed by atoms with Crippen LogP contribution in [0.5, 0.6) is 0 Å². The van der Waals surface area contributed by atoms with E-state index >= 15 is 0 Å². The van der Waals surface area contributed by atoms with E-state index in [1.807, 2.05) is 20.8 Å². The molecule has 0 aromatic heterocycles. The van der Waals surface area contributed by atoms with Crippen LogP contribution in [0.2, 0.25) is 0 Å². The van der Waals surface area contributed by atoms with Gasteiger partial charge in [0.25, 0.3) is 0 Å². The molecular weight excluding hydrogens is 317 g/mol. The van der Waals surface area contributed by atoms with Gasteiger partial charge in [0, 0.05) is 37.8 Å². The van der Waals surface area contributed by atoms with Crippen LogP contribution in [0.1, 0.15) is 32.4 Å². The Kier molecular flexibility index (Phi) is 8.11. The average Bonchev–Trinajstić information content (AvgIpc) is 2.33. The molecule has 1 aromatic carbocycles. The molecule has 0 radical (unpaired) electrons. The second-order valence-electron chi connectivity index (χ2n) is 6.19. The predicted octanol–water partition coefficient (Wildman–Crippen LogP) is 3.80. The number of nitrogens with one attached hydrogen (secondary N) is 1. The molecule has 0 unspecified atom stereocenters. The Balaban J connectivity index is 0.00000200. The van der Waals surface area contributed by atoms with E-state index in [0.29, 0.717) is 0 Å². The zero-order valence-electron chi connectivity index (χ0n) is 12.7. The van der Waals surface area contributed by atoms with Crippen LogP contribution in [0.15, 0.2) is 18.2 Å². The van der Waals surface area contributed by atoms with Crippen molar-refractivity contribution < 1.29 is 8.78 Å². The van der Waals surface area contributed by atoms with Crippen molar-refractivity contribution >= 4 is 24.8 Å². The Morgan fingerprint density at radius 1 is 1.05 bits per heavy atom. The topological polar surface area (TPSA) is 15.3 Å². The van der Waals surface area contributed by atoms with Gasteiger partial charge in [-0.1, -0.05) is 26.8 Å². The highest BCUT2D eigenvalue weighted by Gasteiger charge is 2.36. The maximum Gasteiger partial charge on any atom is 0.130 e. The highest BCUT2D eigenvalue weighted by atomic mass is 35.5. The minimum atomic E-state index is -0.446. The van der Waals surface area contributed by atoms with E-state index in [1.54, 1.807) is 0 Å². The van der Waals surface area contributed by atoms with Crippen molar-refractivity contribution in [3.05, 3.63) is 35.4 Å².